The summed E-state index contributed by atoms with van der Waals surface area (Å²) in [5.74, 6) is -0.443. The van der Waals surface area contributed by atoms with E-state index in [-0.39, 0.29) is 11.7 Å². The topological polar surface area (TPSA) is 49.7 Å². The lowest BCUT2D eigenvalue weighted by molar-refractivity contribution is 0.0988. The molecule has 0 bridgehead atoms. The highest BCUT2D eigenvalue weighted by atomic mass is 32.2. The van der Waals surface area contributed by atoms with E-state index in [1.807, 2.05) is 42.5 Å². The molecule has 0 fully saturated rings. The van der Waals surface area contributed by atoms with E-state index in [0.717, 1.165) is 4.90 Å². The first-order chi connectivity index (χ1) is 12.7. The summed E-state index contributed by atoms with van der Waals surface area (Å²) < 4.78 is 0. The van der Waals surface area contributed by atoms with Gasteiger partial charge in [-0.1, -0.05) is 60.3 Å². The van der Waals surface area contributed by atoms with E-state index in [1.54, 1.807) is 42.5 Å². The van der Waals surface area contributed by atoms with E-state index in [1.165, 1.54) is 16.8 Å². The summed E-state index contributed by atoms with van der Waals surface area (Å²) in [5, 5.41) is 6.02. The van der Waals surface area contributed by atoms with Crippen LogP contribution in [-0.2, 0) is 0 Å². The number of hydrogen-bond donors (Lipinski definition) is 0. The van der Waals surface area contributed by atoms with Gasteiger partial charge in [-0.3, -0.25) is 9.59 Å². The molecule has 126 valence electrons. The molecule has 1 aliphatic rings. The number of Topliss-reactive ketones (excluding diaryl/α,β-unsaturated/α-hetero) is 1. The minimum Gasteiger partial charge on any atom is -0.286 e. The molecule has 0 atom stereocenters. The minimum atomic E-state index is -0.284. The van der Waals surface area contributed by atoms with Crippen LogP contribution in [-0.4, -0.2) is 16.7 Å². The number of hydrogen-bond acceptors (Lipinski definition) is 4. The van der Waals surface area contributed by atoms with Crippen molar-refractivity contribution in [3.8, 4) is 0 Å². The van der Waals surface area contributed by atoms with Crippen molar-refractivity contribution in [3.05, 3.63) is 96.1 Å². The molecule has 0 aromatic heterocycles. The number of ketones is 1. The van der Waals surface area contributed by atoms with Gasteiger partial charge in [0.1, 0.15) is 0 Å². The molecule has 3 aromatic rings. The maximum absolute atomic E-state index is 13.0. The molecule has 0 radical (unpaired) electrons. The fourth-order valence-corrected chi connectivity index (χ4v) is 3.61. The fraction of sp³-hybridized carbons (Fsp3) is 0. The van der Waals surface area contributed by atoms with Crippen molar-refractivity contribution in [1.29, 1.82) is 0 Å². The van der Waals surface area contributed by atoms with Crippen LogP contribution in [0.15, 0.2) is 94.9 Å². The summed E-state index contributed by atoms with van der Waals surface area (Å²) in [6.07, 6.45) is 0. The number of hydrazone groups is 1. The number of rotatable bonds is 3. The normalized spacial score (nSPS) is 14.3. The average Bonchev–Trinajstić information content (AvgIpc) is 3.03. The number of amides is 1. The predicted octanol–water partition coefficient (Wildman–Crippen LogP) is 4.64. The number of carbonyl (C=O) groups is 2. The quantitative estimate of drug-likeness (QED) is 0.641. The van der Waals surface area contributed by atoms with Crippen LogP contribution >= 0.6 is 11.8 Å². The second-order valence-corrected chi connectivity index (χ2v) is 6.68. The third-order valence-electron chi connectivity index (χ3n) is 3.94. The molecule has 4 rings (SSSR count). The number of fused-ring (bicyclic) bond motifs is 1. The molecular weight excluding hydrogens is 344 g/mol. The summed E-state index contributed by atoms with van der Waals surface area (Å²) in [4.78, 5) is 26.5. The maximum Gasteiger partial charge on any atom is 0.278 e. The highest BCUT2D eigenvalue weighted by Crippen LogP contribution is 2.34. The SMILES string of the molecule is O=C1/C(=N/N(C(=O)c2ccccc2)c2ccccc2)Sc2ccccc21. The first-order valence-corrected chi connectivity index (χ1v) is 8.90. The zero-order chi connectivity index (χ0) is 17.9. The van der Waals surface area contributed by atoms with Crippen LogP contribution in [0.5, 0.6) is 0 Å². The number of anilines is 1. The summed E-state index contributed by atoms with van der Waals surface area (Å²) in [5.41, 5.74) is 1.74. The van der Waals surface area contributed by atoms with E-state index in [9.17, 15) is 9.59 Å². The molecule has 0 N–H and O–H groups in total. The van der Waals surface area contributed by atoms with Crippen molar-refractivity contribution in [2.45, 2.75) is 4.90 Å². The maximum atomic E-state index is 13.0. The van der Waals surface area contributed by atoms with Crippen molar-refractivity contribution in [1.82, 2.24) is 0 Å². The van der Waals surface area contributed by atoms with Gasteiger partial charge in [0.05, 0.1) is 5.69 Å². The molecule has 0 spiro atoms. The Morgan fingerprint density at radius 1 is 0.808 bits per heavy atom. The Balaban J connectivity index is 1.76. The Morgan fingerprint density at radius 3 is 2.12 bits per heavy atom. The molecule has 5 heteroatoms. The minimum absolute atomic E-state index is 0.160. The molecule has 4 nitrogen and oxygen atoms in total. The third kappa shape index (κ3) is 3.05. The summed E-state index contributed by atoms with van der Waals surface area (Å²) >= 11 is 1.29. The number of nitrogens with zero attached hydrogens (tertiary/aromatic N) is 2. The fourth-order valence-electron chi connectivity index (χ4n) is 2.66. The van der Waals surface area contributed by atoms with Crippen molar-refractivity contribution in [3.63, 3.8) is 0 Å². The van der Waals surface area contributed by atoms with Crippen molar-refractivity contribution < 1.29 is 9.59 Å². The molecule has 3 aromatic carbocycles. The lowest BCUT2D eigenvalue weighted by Crippen LogP contribution is -2.27. The lowest BCUT2D eigenvalue weighted by atomic mass is 10.1. The summed E-state index contributed by atoms with van der Waals surface area (Å²) in [6.45, 7) is 0. The van der Waals surface area contributed by atoms with Crippen LogP contribution in [0.25, 0.3) is 0 Å². The molecule has 1 heterocycles. The van der Waals surface area contributed by atoms with Gasteiger partial charge in [-0.05, 0) is 36.4 Å². The van der Waals surface area contributed by atoms with Crippen molar-refractivity contribution in [2.75, 3.05) is 5.01 Å². The van der Waals surface area contributed by atoms with Crippen molar-refractivity contribution in [2.24, 2.45) is 5.10 Å². The van der Waals surface area contributed by atoms with E-state index in [0.29, 0.717) is 21.9 Å². The number of thioether (sulfide) groups is 1. The second-order valence-electron chi connectivity index (χ2n) is 5.65. The van der Waals surface area contributed by atoms with E-state index in [4.69, 9.17) is 0 Å². The molecule has 1 amide bonds. The molecular formula is C21H14N2O2S. The van der Waals surface area contributed by atoms with Gasteiger partial charge in [0.2, 0.25) is 5.78 Å². The van der Waals surface area contributed by atoms with E-state index in [2.05, 4.69) is 5.10 Å². The Hall–Kier alpha value is -3.18. The Kier molecular flexibility index (Phi) is 4.37. The molecule has 1 aliphatic heterocycles. The van der Waals surface area contributed by atoms with Crippen LogP contribution in [0.4, 0.5) is 5.69 Å². The third-order valence-corrected chi connectivity index (χ3v) is 4.97. The van der Waals surface area contributed by atoms with Gasteiger partial charge in [0.25, 0.3) is 5.91 Å². The Morgan fingerprint density at radius 2 is 1.42 bits per heavy atom. The second kappa shape index (κ2) is 6.98. The van der Waals surface area contributed by atoms with Gasteiger partial charge in [0.15, 0.2) is 5.04 Å². The zero-order valence-electron chi connectivity index (χ0n) is 13.7. The molecule has 0 unspecified atom stereocenters. The zero-order valence-corrected chi connectivity index (χ0v) is 14.5. The van der Waals surface area contributed by atoms with E-state index >= 15 is 0 Å². The molecule has 0 saturated carbocycles. The monoisotopic (exact) mass is 358 g/mol. The number of para-hydroxylation sites is 1. The van der Waals surface area contributed by atoms with Gasteiger partial charge >= 0.3 is 0 Å². The number of benzene rings is 3. The highest BCUT2D eigenvalue weighted by Gasteiger charge is 2.29. The highest BCUT2D eigenvalue weighted by molar-refractivity contribution is 8.16. The van der Waals surface area contributed by atoms with Crippen LogP contribution in [0, 0.1) is 0 Å². The van der Waals surface area contributed by atoms with Crippen molar-refractivity contribution >= 4 is 34.2 Å². The molecule has 0 aliphatic carbocycles. The van der Waals surface area contributed by atoms with Gasteiger partial charge in [-0.2, -0.15) is 10.1 Å². The lowest BCUT2D eigenvalue weighted by Gasteiger charge is -2.17. The Labute approximate surface area is 155 Å². The smallest absolute Gasteiger partial charge is 0.278 e. The number of carbonyl (C=O) groups excluding carboxylic acids is 2. The molecule has 0 saturated heterocycles. The summed E-state index contributed by atoms with van der Waals surface area (Å²) in [7, 11) is 0. The van der Waals surface area contributed by atoms with Gasteiger partial charge in [-0.15, -0.1) is 0 Å². The Bertz CT molecular complexity index is 1000. The van der Waals surface area contributed by atoms with Gasteiger partial charge < -0.3 is 0 Å². The van der Waals surface area contributed by atoms with Crippen LogP contribution in [0.1, 0.15) is 20.7 Å². The van der Waals surface area contributed by atoms with Crippen LogP contribution < -0.4 is 5.01 Å². The predicted molar refractivity (Wildman–Crippen MR) is 104 cm³/mol. The van der Waals surface area contributed by atoms with Gasteiger partial charge in [0, 0.05) is 16.0 Å². The molecule has 26 heavy (non-hydrogen) atoms. The standard InChI is InChI=1S/C21H14N2O2S/c24-19-17-13-7-8-14-18(17)26-20(19)22-23(16-11-5-2-6-12-16)21(25)15-9-3-1-4-10-15/h1-14H/b22-20-. The van der Waals surface area contributed by atoms with E-state index < -0.39 is 0 Å². The van der Waals surface area contributed by atoms with Crippen LogP contribution in [0.2, 0.25) is 0 Å². The average molecular weight is 358 g/mol. The van der Waals surface area contributed by atoms with Gasteiger partial charge in [-0.25, -0.2) is 0 Å². The first kappa shape index (κ1) is 16.3. The van der Waals surface area contributed by atoms with Crippen LogP contribution in [0.3, 0.4) is 0 Å². The summed E-state index contributed by atoms with van der Waals surface area (Å²) in [6, 6.07) is 25.4. The first-order valence-electron chi connectivity index (χ1n) is 8.09. The largest absolute Gasteiger partial charge is 0.286 e.